The third kappa shape index (κ3) is 4.25. The lowest BCUT2D eigenvalue weighted by molar-refractivity contribution is 0.368. The maximum Gasteiger partial charge on any atom is 0.164 e. The van der Waals surface area contributed by atoms with Gasteiger partial charge in [0.2, 0.25) is 0 Å². The Balaban J connectivity index is 0.000000424. The van der Waals surface area contributed by atoms with Crippen molar-refractivity contribution in [3.8, 4) is 17.2 Å². The zero-order chi connectivity index (χ0) is 10.3. The van der Waals surface area contributed by atoms with Gasteiger partial charge in [0.1, 0.15) is 5.75 Å². The maximum atomic E-state index is 9.00. The number of ether oxygens (including phenoxy) is 1. The number of rotatable bonds is 1. The third-order valence-corrected chi connectivity index (χ3v) is 1.16. The van der Waals surface area contributed by atoms with Gasteiger partial charge in [-0.2, -0.15) is 0 Å². The smallest absolute Gasteiger partial charge is 0.164 e. The van der Waals surface area contributed by atoms with Crippen LogP contribution in [0, 0.1) is 0 Å². The molecule has 0 fully saturated rings. The predicted molar refractivity (Wildman–Crippen MR) is 52.3 cm³/mol. The summed E-state index contributed by atoms with van der Waals surface area (Å²) < 4.78 is 4.72. The van der Waals surface area contributed by atoms with Crippen molar-refractivity contribution in [2.75, 3.05) is 7.11 Å². The fourth-order valence-electron chi connectivity index (χ4n) is 0.666. The van der Waals surface area contributed by atoms with Crippen LogP contribution in [-0.2, 0) is 0 Å². The first-order chi connectivity index (χ1) is 6.15. The van der Waals surface area contributed by atoms with Crippen molar-refractivity contribution in [1.82, 2.24) is 0 Å². The second-order valence-corrected chi connectivity index (χ2v) is 2.56. The number of phenolic OH excluding ortho intramolecular Hbond substituents is 2. The van der Waals surface area contributed by atoms with Crippen LogP contribution in [0.15, 0.2) is 18.2 Å². The fraction of sp³-hybridized carbons (Fsp3) is 0.400. The summed E-state index contributed by atoms with van der Waals surface area (Å²) in [5, 5.41) is 17.9. The van der Waals surface area contributed by atoms with Crippen LogP contribution >= 0.6 is 0 Å². The van der Waals surface area contributed by atoms with Crippen LogP contribution in [0.1, 0.15) is 20.3 Å². The lowest BCUT2D eigenvalue weighted by atomic mass is 10.3. The van der Waals surface area contributed by atoms with Crippen LogP contribution in [0.2, 0.25) is 0 Å². The van der Waals surface area contributed by atoms with Gasteiger partial charge in [-0.05, 0) is 12.1 Å². The summed E-state index contributed by atoms with van der Waals surface area (Å²) in [7, 11) is 1.43. The van der Waals surface area contributed by atoms with Gasteiger partial charge in [0.25, 0.3) is 0 Å². The molecule has 0 heterocycles. The van der Waals surface area contributed by atoms with E-state index < -0.39 is 0 Å². The monoisotopic (exact) mass is 184 g/mol. The van der Waals surface area contributed by atoms with E-state index in [9.17, 15) is 0 Å². The van der Waals surface area contributed by atoms with Gasteiger partial charge in [-0.1, -0.05) is 20.3 Å². The molecular weight excluding hydrogens is 168 g/mol. The van der Waals surface area contributed by atoms with Gasteiger partial charge in [-0.25, -0.2) is 0 Å². The van der Waals surface area contributed by atoms with Crippen LogP contribution in [0.25, 0.3) is 0 Å². The molecule has 3 nitrogen and oxygen atoms in total. The molecule has 3 heteroatoms. The molecule has 2 N–H and O–H groups in total. The van der Waals surface area contributed by atoms with Gasteiger partial charge >= 0.3 is 0 Å². The molecule has 74 valence electrons. The Hall–Kier alpha value is -1.38. The minimum atomic E-state index is 0.0281. The topological polar surface area (TPSA) is 49.7 Å². The van der Waals surface area contributed by atoms with Gasteiger partial charge in [0.05, 0.1) is 7.11 Å². The van der Waals surface area contributed by atoms with Crippen molar-refractivity contribution in [2.24, 2.45) is 0 Å². The molecule has 0 aliphatic heterocycles. The van der Waals surface area contributed by atoms with Crippen LogP contribution in [-0.4, -0.2) is 17.3 Å². The molecule has 0 saturated heterocycles. The maximum absolute atomic E-state index is 9.00. The molecule has 13 heavy (non-hydrogen) atoms. The zero-order valence-electron chi connectivity index (χ0n) is 8.24. The molecule has 0 amide bonds. The Bertz CT molecular complexity index is 246. The highest BCUT2D eigenvalue weighted by Crippen LogP contribution is 2.28. The van der Waals surface area contributed by atoms with Gasteiger partial charge in [0.15, 0.2) is 11.5 Å². The Morgan fingerprint density at radius 2 is 1.77 bits per heavy atom. The minimum Gasteiger partial charge on any atom is -0.508 e. The number of methoxy groups -OCH3 is 1. The number of aromatic hydroxyl groups is 2. The lowest BCUT2D eigenvalue weighted by Crippen LogP contribution is -1.81. The van der Waals surface area contributed by atoms with Crippen LogP contribution in [0.4, 0.5) is 0 Å². The second-order valence-electron chi connectivity index (χ2n) is 2.56. The Kier molecular flexibility index (Phi) is 5.52. The SMILES string of the molecule is CCC.COc1cc(O)ccc1O. The van der Waals surface area contributed by atoms with Gasteiger partial charge in [-0.15, -0.1) is 0 Å². The summed E-state index contributed by atoms with van der Waals surface area (Å²) in [6, 6.07) is 4.10. The number of hydrogen-bond donors (Lipinski definition) is 2. The normalized spacial score (nSPS) is 8.54. The molecule has 0 atom stereocenters. The summed E-state index contributed by atoms with van der Waals surface area (Å²) >= 11 is 0. The van der Waals surface area contributed by atoms with E-state index in [1.54, 1.807) is 0 Å². The van der Waals surface area contributed by atoms with Crippen LogP contribution < -0.4 is 4.74 Å². The van der Waals surface area contributed by atoms with Crippen molar-refractivity contribution >= 4 is 0 Å². The Labute approximate surface area is 78.6 Å². The first kappa shape index (κ1) is 11.6. The molecule has 0 bridgehead atoms. The summed E-state index contributed by atoms with van der Waals surface area (Å²) in [6.07, 6.45) is 1.25. The molecule has 1 rings (SSSR count). The highest BCUT2D eigenvalue weighted by Gasteiger charge is 1.99. The summed E-state index contributed by atoms with van der Waals surface area (Å²) in [6.45, 7) is 4.25. The van der Waals surface area contributed by atoms with Crippen LogP contribution in [0.3, 0.4) is 0 Å². The molecule has 1 aromatic carbocycles. The number of phenols is 2. The molecule has 0 aliphatic carbocycles. The van der Waals surface area contributed by atoms with Crippen molar-refractivity contribution in [2.45, 2.75) is 20.3 Å². The molecule has 0 aromatic heterocycles. The van der Waals surface area contributed by atoms with Crippen molar-refractivity contribution < 1.29 is 14.9 Å². The molecule has 0 unspecified atom stereocenters. The molecule has 0 spiro atoms. The largest absolute Gasteiger partial charge is 0.508 e. The van der Waals surface area contributed by atoms with Crippen molar-refractivity contribution in [3.05, 3.63) is 18.2 Å². The number of benzene rings is 1. The standard InChI is InChI=1S/C7H8O3.C3H8/c1-10-7-4-5(8)2-3-6(7)9;1-3-2/h2-4,8-9H,1H3;3H2,1-2H3. The van der Waals surface area contributed by atoms with E-state index >= 15 is 0 Å². The van der Waals surface area contributed by atoms with Gasteiger partial charge in [-0.3, -0.25) is 0 Å². The molecule has 0 radical (unpaired) electrons. The predicted octanol–water partition coefficient (Wildman–Crippen LogP) is 2.52. The average molecular weight is 184 g/mol. The van der Waals surface area contributed by atoms with Crippen molar-refractivity contribution in [1.29, 1.82) is 0 Å². The van der Waals surface area contributed by atoms with Crippen LogP contribution in [0.5, 0.6) is 17.2 Å². The van der Waals surface area contributed by atoms with E-state index in [4.69, 9.17) is 14.9 Å². The third-order valence-electron chi connectivity index (χ3n) is 1.16. The van der Waals surface area contributed by atoms with E-state index in [1.807, 2.05) is 0 Å². The van der Waals surface area contributed by atoms with E-state index in [0.29, 0.717) is 0 Å². The summed E-state index contributed by atoms with van der Waals surface area (Å²) in [4.78, 5) is 0. The average Bonchev–Trinajstić information content (AvgIpc) is 2.10. The molecule has 1 aromatic rings. The molecule has 0 aliphatic rings. The fourth-order valence-corrected chi connectivity index (χ4v) is 0.666. The quantitative estimate of drug-likeness (QED) is 0.659. The minimum absolute atomic E-state index is 0.0281. The lowest BCUT2D eigenvalue weighted by Gasteiger charge is -2.01. The highest BCUT2D eigenvalue weighted by atomic mass is 16.5. The first-order valence-corrected chi connectivity index (χ1v) is 4.21. The zero-order valence-corrected chi connectivity index (χ0v) is 8.24. The summed E-state index contributed by atoms with van der Waals surface area (Å²) in [5.74, 6) is 0.384. The Morgan fingerprint density at radius 1 is 1.23 bits per heavy atom. The van der Waals surface area contributed by atoms with E-state index in [1.165, 1.54) is 31.7 Å². The van der Waals surface area contributed by atoms with Gasteiger partial charge < -0.3 is 14.9 Å². The number of hydrogen-bond acceptors (Lipinski definition) is 3. The molecular formula is C10H16O3. The van der Waals surface area contributed by atoms with Gasteiger partial charge in [0, 0.05) is 6.07 Å². The molecule has 0 saturated carbocycles. The van der Waals surface area contributed by atoms with E-state index in [-0.39, 0.29) is 17.2 Å². The van der Waals surface area contributed by atoms with Crippen molar-refractivity contribution in [3.63, 3.8) is 0 Å². The van der Waals surface area contributed by atoms with E-state index in [0.717, 1.165) is 0 Å². The highest BCUT2D eigenvalue weighted by molar-refractivity contribution is 5.43. The summed E-state index contributed by atoms with van der Waals surface area (Å²) in [5.41, 5.74) is 0. The van der Waals surface area contributed by atoms with E-state index in [2.05, 4.69) is 13.8 Å². The second kappa shape index (κ2) is 6.17. The Morgan fingerprint density at radius 3 is 2.15 bits per heavy atom. The first-order valence-electron chi connectivity index (χ1n) is 4.21.